The molecule has 0 aliphatic carbocycles. The van der Waals surface area contributed by atoms with Crippen LogP contribution in [-0.4, -0.2) is 14.5 Å². The van der Waals surface area contributed by atoms with Crippen LogP contribution in [0.3, 0.4) is 0 Å². The molecule has 0 radical (unpaired) electrons. The summed E-state index contributed by atoms with van der Waals surface area (Å²) in [6.07, 6.45) is 3.73. The molecule has 1 atom stereocenters. The van der Waals surface area contributed by atoms with Gasteiger partial charge in [0.15, 0.2) is 0 Å². The number of hydrogen-bond donors (Lipinski definition) is 2. The van der Waals surface area contributed by atoms with Crippen molar-refractivity contribution >= 4 is 15.7 Å². The second kappa shape index (κ2) is 6.02. The molecular weight excluding hydrogens is 248 g/mol. The Hall–Kier alpha value is -1.33. The van der Waals surface area contributed by atoms with Crippen LogP contribution < -0.4 is 10.5 Å². The maximum Gasteiger partial charge on any atom is 0.238 e. The topological polar surface area (TPSA) is 72.2 Å². The van der Waals surface area contributed by atoms with E-state index in [2.05, 4.69) is 11.9 Å². The van der Waals surface area contributed by atoms with Gasteiger partial charge >= 0.3 is 0 Å². The van der Waals surface area contributed by atoms with Gasteiger partial charge in [0.25, 0.3) is 0 Å². The van der Waals surface area contributed by atoms with Crippen molar-refractivity contribution in [3.05, 3.63) is 36.4 Å². The molecule has 1 aromatic rings. The molecule has 3 N–H and O–H groups in total. The standard InChI is InChI=1S/C13H20N2O2S/c1-4-5-7-10(2)15-12-8-6-9-13(11(12)3)18(14,16)17/h4,6,8-10,15H,1,5,7H2,2-3H3,(H2,14,16,17). The Labute approximate surface area is 109 Å². The number of anilines is 1. The summed E-state index contributed by atoms with van der Waals surface area (Å²) < 4.78 is 22.8. The van der Waals surface area contributed by atoms with Crippen molar-refractivity contribution < 1.29 is 8.42 Å². The van der Waals surface area contributed by atoms with Crippen LogP contribution in [0.25, 0.3) is 0 Å². The molecule has 100 valence electrons. The van der Waals surface area contributed by atoms with E-state index in [1.54, 1.807) is 13.0 Å². The van der Waals surface area contributed by atoms with E-state index in [0.29, 0.717) is 5.56 Å². The van der Waals surface area contributed by atoms with Crippen molar-refractivity contribution in [1.29, 1.82) is 0 Å². The van der Waals surface area contributed by atoms with Crippen LogP contribution in [0.15, 0.2) is 35.7 Å². The lowest BCUT2D eigenvalue weighted by Crippen LogP contribution is -2.18. The van der Waals surface area contributed by atoms with Crippen molar-refractivity contribution in [2.75, 3.05) is 5.32 Å². The van der Waals surface area contributed by atoms with Crippen LogP contribution in [0.2, 0.25) is 0 Å². The highest BCUT2D eigenvalue weighted by Crippen LogP contribution is 2.23. The Morgan fingerprint density at radius 1 is 1.50 bits per heavy atom. The van der Waals surface area contributed by atoms with Crippen LogP contribution in [-0.2, 0) is 10.0 Å². The number of nitrogens with two attached hydrogens (primary N) is 1. The molecule has 4 nitrogen and oxygen atoms in total. The normalized spacial score (nSPS) is 13.1. The molecule has 5 heteroatoms. The van der Waals surface area contributed by atoms with Gasteiger partial charge in [-0.2, -0.15) is 0 Å². The Morgan fingerprint density at radius 3 is 2.72 bits per heavy atom. The quantitative estimate of drug-likeness (QED) is 0.778. The molecule has 0 heterocycles. The van der Waals surface area contributed by atoms with Gasteiger partial charge in [-0.25, -0.2) is 13.6 Å². The average Bonchev–Trinajstić information content (AvgIpc) is 2.27. The first kappa shape index (κ1) is 14.7. The Kier molecular flexibility index (Phi) is 4.93. The number of primary sulfonamides is 1. The predicted molar refractivity (Wildman–Crippen MR) is 75.1 cm³/mol. The summed E-state index contributed by atoms with van der Waals surface area (Å²) in [6, 6.07) is 5.31. The monoisotopic (exact) mass is 268 g/mol. The van der Waals surface area contributed by atoms with Gasteiger partial charge < -0.3 is 5.32 Å². The third-order valence-corrected chi connectivity index (χ3v) is 3.85. The van der Waals surface area contributed by atoms with E-state index in [-0.39, 0.29) is 10.9 Å². The van der Waals surface area contributed by atoms with Gasteiger partial charge in [0.1, 0.15) is 0 Å². The van der Waals surface area contributed by atoms with Crippen LogP contribution in [0.4, 0.5) is 5.69 Å². The Morgan fingerprint density at radius 2 is 2.17 bits per heavy atom. The van der Waals surface area contributed by atoms with Crippen molar-refractivity contribution in [2.24, 2.45) is 5.14 Å². The minimum atomic E-state index is -3.66. The predicted octanol–water partition coefficient (Wildman–Crippen LogP) is 2.41. The molecule has 0 fully saturated rings. The molecule has 0 bridgehead atoms. The number of hydrogen-bond acceptors (Lipinski definition) is 3. The van der Waals surface area contributed by atoms with Gasteiger partial charge in [-0.15, -0.1) is 6.58 Å². The number of nitrogens with one attached hydrogen (secondary N) is 1. The van der Waals surface area contributed by atoms with E-state index in [9.17, 15) is 8.42 Å². The minimum Gasteiger partial charge on any atom is -0.382 e. The number of benzene rings is 1. The Bertz CT molecular complexity index is 524. The SMILES string of the molecule is C=CCCC(C)Nc1cccc(S(N)(=O)=O)c1C. The number of sulfonamides is 1. The summed E-state index contributed by atoms with van der Waals surface area (Å²) in [5.41, 5.74) is 1.46. The highest BCUT2D eigenvalue weighted by atomic mass is 32.2. The second-order valence-corrected chi connectivity index (χ2v) is 5.91. The molecule has 0 spiro atoms. The lowest BCUT2D eigenvalue weighted by atomic mass is 10.1. The summed E-state index contributed by atoms with van der Waals surface area (Å²) in [5, 5.41) is 8.46. The molecule has 0 aliphatic heterocycles. The van der Waals surface area contributed by atoms with Crippen molar-refractivity contribution in [3.63, 3.8) is 0 Å². The number of allylic oxidation sites excluding steroid dienone is 1. The minimum absolute atomic E-state index is 0.170. The molecule has 1 rings (SSSR count). The lowest BCUT2D eigenvalue weighted by Gasteiger charge is -2.17. The zero-order valence-electron chi connectivity index (χ0n) is 10.8. The molecule has 0 aliphatic rings. The van der Waals surface area contributed by atoms with Crippen LogP contribution in [0.5, 0.6) is 0 Å². The van der Waals surface area contributed by atoms with Crippen molar-refractivity contribution in [2.45, 2.75) is 37.6 Å². The van der Waals surface area contributed by atoms with Crippen molar-refractivity contribution in [1.82, 2.24) is 0 Å². The van der Waals surface area contributed by atoms with Gasteiger partial charge in [-0.1, -0.05) is 12.1 Å². The summed E-state index contributed by atoms with van der Waals surface area (Å²) in [5.74, 6) is 0. The maximum absolute atomic E-state index is 11.4. The largest absolute Gasteiger partial charge is 0.382 e. The molecule has 1 unspecified atom stereocenters. The van der Waals surface area contributed by atoms with Crippen molar-refractivity contribution in [3.8, 4) is 0 Å². The van der Waals surface area contributed by atoms with Gasteiger partial charge in [0.05, 0.1) is 4.90 Å². The molecule has 1 aromatic carbocycles. The molecule has 0 amide bonds. The van der Waals surface area contributed by atoms with E-state index < -0.39 is 10.0 Å². The van der Waals surface area contributed by atoms with Crippen LogP contribution >= 0.6 is 0 Å². The molecule has 0 saturated carbocycles. The van der Waals surface area contributed by atoms with E-state index in [0.717, 1.165) is 18.5 Å². The first-order chi connectivity index (χ1) is 8.36. The molecule has 0 saturated heterocycles. The zero-order chi connectivity index (χ0) is 13.8. The van der Waals surface area contributed by atoms with E-state index in [1.807, 2.05) is 19.1 Å². The third-order valence-electron chi connectivity index (χ3n) is 2.80. The number of rotatable bonds is 6. The fraction of sp³-hybridized carbons (Fsp3) is 0.385. The van der Waals surface area contributed by atoms with E-state index in [4.69, 9.17) is 5.14 Å². The highest BCUT2D eigenvalue weighted by Gasteiger charge is 2.14. The smallest absolute Gasteiger partial charge is 0.238 e. The van der Waals surface area contributed by atoms with Gasteiger partial charge in [0.2, 0.25) is 10.0 Å². The maximum atomic E-state index is 11.4. The van der Waals surface area contributed by atoms with Gasteiger partial charge in [-0.05, 0) is 44.4 Å². The first-order valence-electron chi connectivity index (χ1n) is 5.86. The van der Waals surface area contributed by atoms with Gasteiger partial charge in [-0.3, -0.25) is 0 Å². The summed E-state index contributed by atoms with van der Waals surface area (Å²) in [6.45, 7) is 7.48. The van der Waals surface area contributed by atoms with Crippen LogP contribution in [0, 0.1) is 6.92 Å². The average molecular weight is 268 g/mol. The summed E-state index contributed by atoms with van der Waals surface area (Å²) >= 11 is 0. The molecule has 0 aromatic heterocycles. The summed E-state index contributed by atoms with van der Waals surface area (Å²) in [4.78, 5) is 0.170. The first-order valence-corrected chi connectivity index (χ1v) is 7.40. The fourth-order valence-electron chi connectivity index (χ4n) is 1.78. The fourth-order valence-corrected chi connectivity index (χ4v) is 2.59. The highest BCUT2D eigenvalue weighted by molar-refractivity contribution is 7.89. The van der Waals surface area contributed by atoms with Crippen LogP contribution in [0.1, 0.15) is 25.3 Å². The van der Waals surface area contributed by atoms with E-state index >= 15 is 0 Å². The lowest BCUT2D eigenvalue weighted by molar-refractivity contribution is 0.597. The molecular formula is C13H20N2O2S. The van der Waals surface area contributed by atoms with E-state index in [1.165, 1.54) is 6.07 Å². The molecule has 18 heavy (non-hydrogen) atoms. The Balaban J connectivity index is 2.94. The summed E-state index contributed by atoms with van der Waals surface area (Å²) in [7, 11) is -3.66. The second-order valence-electron chi connectivity index (χ2n) is 4.39. The van der Waals surface area contributed by atoms with Gasteiger partial charge in [0, 0.05) is 11.7 Å². The zero-order valence-corrected chi connectivity index (χ0v) is 11.6. The third kappa shape index (κ3) is 3.85.